The fourth-order valence-corrected chi connectivity index (χ4v) is 1.28. The van der Waals surface area contributed by atoms with Crippen LogP contribution in [0.25, 0.3) is 0 Å². The highest BCUT2D eigenvalue weighted by molar-refractivity contribution is 7.99. The Hall–Kier alpha value is -0.970. The molecule has 1 fully saturated rings. The van der Waals surface area contributed by atoms with E-state index in [1.54, 1.807) is 6.26 Å². The fraction of sp³-hybridized carbons (Fsp3) is 0.500. The minimum absolute atomic E-state index is 0.195. The molecule has 0 spiro atoms. The monoisotopic (exact) mass is 201 g/mol. The first-order valence-corrected chi connectivity index (χ1v) is 5.25. The SMILES string of the molecule is C=C1CCC(=O)N1OC(=O)CSC. The number of carbonyl (C=O) groups is 2. The molecular weight excluding hydrogens is 190 g/mol. The first-order valence-electron chi connectivity index (χ1n) is 3.85. The second-order valence-electron chi connectivity index (χ2n) is 2.65. The molecule has 1 rings (SSSR count). The number of hydrogen-bond donors (Lipinski definition) is 0. The van der Waals surface area contributed by atoms with Crippen molar-refractivity contribution in [2.45, 2.75) is 12.8 Å². The van der Waals surface area contributed by atoms with E-state index in [9.17, 15) is 9.59 Å². The van der Waals surface area contributed by atoms with Crippen LogP contribution >= 0.6 is 11.8 Å². The molecule has 0 aromatic rings. The van der Waals surface area contributed by atoms with Crippen molar-refractivity contribution in [2.75, 3.05) is 12.0 Å². The second-order valence-corrected chi connectivity index (χ2v) is 3.52. The molecule has 1 saturated heterocycles. The van der Waals surface area contributed by atoms with E-state index in [4.69, 9.17) is 4.84 Å². The zero-order valence-electron chi connectivity index (χ0n) is 7.41. The largest absolute Gasteiger partial charge is 0.342 e. The third-order valence-corrected chi connectivity index (χ3v) is 2.12. The number of hydroxylamine groups is 2. The molecule has 0 N–H and O–H groups in total. The summed E-state index contributed by atoms with van der Waals surface area (Å²) in [6.07, 6.45) is 2.75. The zero-order valence-corrected chi connectivity index (χ0v) is 8.23. The lowest BCUT2D eigenvalue weighted by Crippen LogP contribution is -2.27. The molecular formula is C8H11NO3S. The Labute approximate surface area is 80.9 Å². The summed E-state index contributed by atoms with van der Waals surface area (Å²) in [5.41, 5.74) is 0.555. The average Bonchev–Trinajstić information content (AvgIpc) is 2.36. The number of rotatable bonds is 3. The number of carbonyl (C=O) groups excluding carboxylic acids is 2. The summed E-state index contributed by atoms with van der Waals surface area (Å²) < 4.78 is 0. The van der Waals surface area contributed by atoms with Crippen LogP contribution in [0.4, 0.5) is 0 Å². The van der Waals surface area contributed by atoms with Gasteiger partial charge in [0.05, 0.1) is 11.4 Å². The third-order valence-electron chi connectivity index (χ3n) is 1.60. The molecule has 1 aliphatic heterocycles. The van der Waals surface area contributed by atoms with E-state index in [1.165, 1.54) is 11.8 Å². The van der Waals surface area contributed by atoms with Gasteiger partial charge in [0.25, 0.3) is 5.91 Å². The van der Waals surface area contributed by atoms with Crippen molar-refractivity contribution in [3.63, 3.8) is 0 Å². The van der Waals surface area contributed by atoms with E-state index in [0.29, 0.717) is 18.5 Å². The van der Waals surface area contributed by atoms with Gasteiger partial charge in [0, 0.05) is 6.42 Å². The van der Waals surface area contributed by atoms with Crippen LogP contribution in [0.5, 0.6) is 0 Å². The lowest BCUT2D eigenvalue weighted by atomic mass is 10.3. The van der Waals surface area contributed by atoms with Crippen molar-refractivity contribution in [1.29, 1.82) is 0 Å². The molecule has 0 bridgehead atoms. The van der Waals surface area contributed by atoms with E-state index in [0.717, 1.165) is 5.06 Å². The van der Waals surface area contributed by atoms with E-state index in [1.807, 2.05) is 0 Å². The van der Waals surface area contributed by atoms with Gasteiger partial charge in [-0.05, 0) is 12.7 Å². The quantitative estimate of drug-likeness (QED) is 0.682. The molecule has 1 heterocycles. The molecule has 1 aliphatic rings. The van der Waals surface area contributed by atoms with E-state index >= 15 is 0 Å². The summed E-state index contributed by atoms with van der Waals surface area (Å²) in [6.45, 7) is 3.62. The number of hydrogen-bond acceptors (Lipinski definition) is 4. The minimum atomic E-state index is -0.413. The highest BCUT2D eigenvalue weighted by Crippen LogP contribution is 2.20. The Morgan fingerprint density at radius 3 is 2.85 bits per heavy atom. The van der Waals surface area contributed by atoms with Crippen molar-refractivity contribution >= 4 is 23.6 Å². The highest BCUT2D eigenvalue weighted by atomic mass is 32.2. The predicted octanol–water partition coefficient (Wildman–Crippen LogP) is 0.944. The van der Waals surface area contributed by atoms with Crippen LogP contribution in [0.1, 0.15) is 12.8 Å². The van der Waals surface area contributed by atoms with Crippen molar-refractivity contribution < 1.29 is 14.4 Å². The van der Waals surface area contributed by atoms with Crippen LogP contribution in [0, 0.1) is 0 Å². The maximum absolute atomic E-state index is 11.1. The lowest BCUT2D eigenvalue weighted by Gasteiger charge is -2.14. The van der Waals surface area contributed by atoms with E-state index < -0.39 is 5.97 Å². The van der Waals surface area contributed by atoms with Crippen molar-refractivity contribution in [2.24, 2.45) is 0 Å². The normalized spacial score (nSPS) is 16.5. The molecule has 0 atom stereocenters. The Balaban J connectivity index is 2.48. The van der Waals surface area contributed by atoms with Gasteiger partial charge < -0.3 is 4.84 Å². The number of allylic oxidation sites excluding steroid dienone is 1. The maximum atomic E-state index is 11.1. The second kappa shape index (κ2) is 4.32. The predicted molar refractivity (Wildman–Crippen MR) is 49.7 cm³/mol. The van der Waals surface area contributed by atoms with Gasteiger partial charge in [-0.15, -0.1) is 5.06 Å². The van der Waals surface area contributed by atoms with Gasteiger partial charge >= 0.3 is 5.97 Å². The maximum Gasteiger partial charge on any atom is 0.342 e. The highest BCUT2D eigenvalue weighted by Gasteiger charge is 2.27. The molecule has 0 aromatic carbocycles. The van der Waals surface area contributed by atoms with Crippen LogP contribution in [0.15, 0.2) is 12.3 Å². The Morgan fingerprint density at radius 1 is 1.69 bits per heavy atom. The Bertz CT molecular complexity index is 236. The van der Waals surface area contributed by atoms with Gasteiger partial charge in [0.2, 0.25) is 0 Å². The number of amides is 1. The fourth-order valence-electron chi connectivity index (χ4n) is 0.992. The van der Waals surface area contributed by atoms with Gasteiger partial charge in [0.1, 0.15) is 0 Å². The van der Waals surface area contributed by atoms with Gasteiger partial charge in [-0.1, -0.05) is 6.58 Å². The molecule has 4 nitrogen and oxygen atoms in total. The first-order chi connectivity index (χ1) is 6.15. The number of nitrogens with zero attached hydrogens (tertiary/aromatic N) is 1. The third kappa shape index (κ3) is 2.48. The summed E-state index contributed by atoms with van der Waals surface area (Å²) in [5.74, 6) is -0.361. The molecule has 0 aromatic heterocycles. The summed E-state index contributed by atoms with van der Waals surface area (Å²) >= 11 is 1.35. The van der Waals surface area contributed by atoms with Crippen molar-refractivity contribution in [3.05, 3.63) is 12.3 Å². The summed E-state index contributed by atoms with van der Waals surface area (Å²) in [4.78, 5) is 26.9. The zero-order chi connectivity index (χ0) is 9.84. The average molecular weight is 201 g/mol. The Kier molecular flexibility index (Phi) is 3.36. The molecule has 0 aliphatic carbocycles. The molecule has 5 heteroatoms. The van der Waals surface area contributed by atoms with E-state index in [2.05, 4.69) is 6.58 Å². The van der Waals surface area contributed by atoms with Crippen LogP contribution in [-0.4, -0.2) is 28.9 Å². The molecule has 13 heavy (non-hydrogen) atoms. The summed E-state index contributed by atoms with van der Waals surface area (Å²) in [6, 6.07) is 0. The molecule has 0 radical (unpaired) electrons. The molecule has 0 unspecified atom stereocenters. The molecule has 72 valence electrons. The topological polar surface area (TPSA) is 46.6 Å². The molecule has 1 amide bonds. The summed E-state index contributed by atoms with van der Waals surface area (Å²) in [7, 11) is 0. The lowest BCUT2D eigenvalue weighted by molar-refractivity contribution is -0.184. The summed E-state index contributed by atoms with van der Waals surface area (Å²) in [5, 5.41) is 0.999. The van der Waals surface area contributed by atoms with Crippen LogP contribution in [0.2, 0.25) is 0 Å². The van der Waals surface area contributed by atoms with Gasteiger partial charge in [-0.3, -0.25) is 4.79 Å². The number of thioether (sulfide) groups is 1. The van der Waals surface area contributed by atoms with Crippen LogP contribution < -0.4 is 0 Å². The van der Waals surface area contributed by atoms with Crippen molar-refractivity contribution in [1.82, 2.24) is 5.06 Å². The van der Waals surface area contributed by atoms with Crippen LogP contribution in [0.3, 0.4) is 0 Å². The minimum Gasteiger partial charge on any atom is -0.333 e. The van der Waals surface area contributed by atoms with Crippen LogP contribution in [-0.2, 0) is 14.4 Å². The van der Waals surface area contributed by atoms with E-state index in [-0.39, 0.29) is 11.7 Å². The first kappa shape index (κ1) is 10.1. The standard InChI is InChI=1S/C8H11NO3S/c1-6-3-4-7(10)9(6)12-8(11)5-13-2/h1,3-5H2,2H3. The van der Waals surface area contributed by atoms with Gasteiger partial charge in [-0.25, -0.2) is 4.79 Å². The van der Waals surface area contributed by atoms with Gasteiger partial charge in [0.15, 0.2) is 0 Å². The Morgan fingerprint density at radius 2 is 2.38 bits per heavy atom. The van der Waals surface area contributed by atoms with Crippen molar-refractivity contribution in [3.8, 4) is 0 Å². The van der Waals surface area contributed by atoms with Gasteiger partial charge in [-0.2, -0.15) is 11.8 Å². The smallest absolute Gasteiger partial charge is 0.333 e. The molecule has 0 saturated carbocycles.